The van der Waals surface area contributed by atoms with Gasteiger partial charge < -0.3 is 0 Å². The summed E-state index contributed by atoms with van der Waals surface area (Å²) < 4.78 is 0. The van der Waals surface area contributed by atoms with Gasteiger partial charge in [0.1, 0.15) is 5.78 Å². The first-order valence-corrected chi connectivity index (χ1v) is 6.51. The molecule has 0 N–H and O–H groups in total. The second-order valence-electron chi connectivity index (χ2n) is 5.06. The second kappa shape index (κ2) is 5.81. The Morgan fingerprint density at radius 2 is 1.88 bits per heavy atom. The largest absolute Gasteiger partial charge is 0.299 e. The number of rotatable bonds is 2. The third kappa shape index (κ3) is 3.55. The SMILES string of the molecule is C[C@@H]1CCC(=O)[C@@H](/C=C/c2ccccc2)CC1. The molecule has 0 radical (unpaired) electrons. The second-order valence-corrected chi connectivity index (χ2v) is 5.06. The van der Waals surface area contributed by atoms with Gasteiger partial charge in [0, 0.05) is 12.3 Å². The molecule has 1 saturated carbocycles. The van der Waals surface area contributed by atoms with Crippen molar-refractivity contribution < 1.29 is 4.79 Å². The van der Waals surface area contributed by atoms with E-state index in [4.69, 9.17) is 0 Å². The maximum Gasteiger partial charge on any atom is 0.139 e. The highest BCUT2D eigenvalue weighted by molar-refractivity contribution is 5.83. The third-order valence-electron chi connectivity index (χ3n) is 3.59. The lowest BCUT2D eigenvalue weighted by Gasteiger charge is -2.07. The lowest BCUT2D eigenvalue weighted by molar-refractivity contribution is -0.121. The summed E-state index contributed by atoms with van der Waals surface area (Å²) in [6, 6.07) is 10.2. The van der Waals surface area contributed by atoms with E-state index in [0.29, 0.717) is 11.7 Å². The molecule has 17 heavy (non-hydrogen) atoms. The lowest BCUT2D eigenvalue weighted by atomic mass is 9.97. The minimum Gasteiger partial charge on any atom is -0.299 e. The van der Waals surface area contributed by atoms with Gasteiger partial charge in [-0.3, -0.25) is 4.79 Å². The van der Waals surface area contributed by atoms with Crippen LogP contribution in [-0.2, 0) is 4.79 Å². The minimum atomic E-state index is 0.139. The summed E-state index contributed by atoms with van der Waals surface area (Å²) in [5.41, 5.74) is 1.18. The zero-order chi connectivity index (χ0) is 12.1. The Morgan fingerprint density at radius 3 is 2.65 bits per heavy atom. The molecule has 0 aromatic heterocycles. The zero-order valence-corrected chi connectivity index (χ0v) is 10.4. The molecule has 2 atom stereocenters. The molecule has 0 aliphatic heterocycles. The van der Waals surface area contributed by atoms with Gasteiger partial charge in [0.05, 0.1) is 0 Å². The highest BCUT2D eigenvalue weighted by Gasteiger charge is 2.21. The molecule has 0 amide bonds. The zero-order valence-electron chi connectivity index (χ0n) is 10.4. The molecule has 1 heteroatoms. The monoisotopic (exact) mass is 228 g/mol. The topological polar surface area (TPSA) is 17.1 Å². The maximum atomic E-state index is 11.9. The molecule has 1 nitrogen and oxygen atoms in total. The van der Waals surface area contributed by atoms with E-state index in [1.54, 1.807) is 0 Å². The summed E-state index contributed by atoms with van der Waals surface area (Å²) in [4.78, 5) is 11.9. The Hall–Kier alpha value is -1.37. The molecule has 0 saturated heterocycles. The maximum absolute atomic E-state index is 11.9. The number of carbonyl (C=O) groups is 1. The average molecular weight is 228 g/mol. The van der Waals surface area contributed by atoms with Crippen molar-refractivity contribution in [1.29, 1.82) is 0 Å². The number of ketones is 1. The molecule has 1 aliphatic rings. The van der Waals surface area contributed by atoms with Crippen LogP contribution in [0.1, 0.15) is 38.2 Å². The first-order chi connectivity index (χ1) is 8.25. The molecule has 1 aromatic carbocycles. The van der Waals surface area contributed by atoms with Crippen LogP contribution in [0.15, 0.2) is 36.4 Å². The molecule has 90 valence electrons. The molecule has 0 heterocycles. The van der Waals surface area contributed by atoms with Crippen molar-refractivity contribution in [3.05, 3.63) is 42.0 Å². The summed E-state index contributed by atoms with van der Waals surface area (Å²) in [5.74, 6) is 1.26. The Bertz CT molecular complexity index is 391. The van der Waals surface area contributed by atoms with Gasteiger partial charge in [-0.05, 0) is 30.7 Å². The Balaban J connectivity index is 2.02. The van der Waals surface area contributed by atoms with E-state index in [2.05, 4.69) is 31.2 Å². The van der Waals surface area contributed by atoms with Crippen LogP contribution in [0.5, 0.6) is 0 Å². The fourth-order valence-corrected chi connectivity index (χ4v) is 2.34. The van der Waals surface area contributed by atoms with Gasteiger partial charge in [0.2, 0.25) is 0 Å². The molecule has 0 unspecified atom stereocenters. The van der Waals surface area contributed by atoms with Crippen molar-refractivity contribution in [2.75, 3.05) is 0 Å². The fraction of sp³-hybridized carbons (Fsp3) is 0.438. The normalized spacial score (nSPS) is 26.1. The standard InChI is InChI=1S/C16H20O/c1-13-7-10-15(16(17)12-8-13)11-9-14-5-3-2-4-6-14/h2-6,9,11,13,15H,7-8,10,12H2,1H3/b11-9+/t13-,15+/m0/s1. The first-order valence-electron chi connectivity index (χ1n) is 6.51. The average Bonchev–Trinajstić information content (AvgIpc) is 2.52. The lowest BCUT2D eigenvalue weighted by Crippen LogP contribution is -2.09. The van der Waals surface area contributed by atoms with E-state index in [9.17, 15) is 4.79 Å². The number of benzene rings is 1. The van der Waals surface area contributed by atoms with Crippen molar-refractivity contribution in [3.8, 4) is 0 Å². The van der Waals surface area contributed by atoms with Crippen molar-refractivity contribution in [2.45, 2.75) is 32.6 Å². The molecular weight excluding hydrogens is 208 g/mol. The minimum absolute atomic E-state index is 0.139. The number of Topliss-reactive ketones (excluding diaryl/α,β-unsaturated/α-hetero) is 1. The number of allylic oxidation sites excluding steroid dienone is 1. The fourth-order valence-electron chi connectivity index (χ4n) is 2.34. The number of hydrogen-bond donors (Lipinski definition) is 0. The molecule has 1 aliphatic carbocycles. The van der Waals surface area contributed by atoms with Gasteiger partial charge in [-0.1, -0.05) is 49.4 Å². The molecule has 2 rings (SSSR count). The van der Waals surface area contributed by atoms with Crippen molar-refractivity contribution in [1.82, 2.24) is 0 Å². The van der Waals surface area contributed by atoms with Gasteiger partial charge in [-0.15, -0.1) is 0 Å². The van der Waals surface area contributed by atoms with E-state index in [1.807, 2.05) is 18.2 Å². The summed E-state index contributed by atoms with van der Waals surface area (Å²) >= 11 is 0. The van der Waals surface area contributed by atoms with Crippen LogP contribution >= 0.6 is 0 Å². The summed E-state index contributed by atoms with van der Waals surface area (Å²) in [6.45, 7) is 2.25. The van der Waals surface area contributed by atoms with Crippen LogP contribution < -0.4 is 0 Å². The van der Waals surface area contributed by atoms with Crippen molar-refractivity contribution in [2.24, 2.45) is 11.8 Å². The van der Waals surface area contributed by atoms with E-state index >= 15 is 0 Å². The van der Waals surface area contributed by atoms with Crippen LogP contribution in [-0.4, -0.2) is 5.78 Å². The highest BCUT2D eigenvalue weighted by atomic mass is 16.1. The molecular formula is C16H20O. The Kier molecular flexibility index (Phi) is 4.13. The van der Waals surface area contributed by atoms with Gasteiger partial charge in [-0.25, -0.2) is 0 Å². The molecule has 1 aromatic rings. The smallest absolute Gasteiger partial charge is 0.139 e. The Morgan fingerprint density at radius 1 is 1.12 bits per heavy atom. The highest BCUT2D eigenvalue weighted by Crippen LogP contribution is 2.25. The molecule has 0 bridgehead atoms. The molecule has 0 spiro atoms. The predicted octanol–water partition coefficient (Wildman–Crippen LogP) is 4.10. The predicted molar refractivity (Wildman–Crippen MR) is 71.6 cm³/mol. The van der Waals surface area contributed by atoms with Crippen molar-refractivity contribution >= 4 is 11.9 Å². The van der Waals surface area contributed by atoms with Gasteiger partial charge >= 0.3 is 0 Å². The quantitative estimate of drug-likeness (QED) is 0.697. The summed E-state index contributed by atoms with van der Waals surface area (Å²) in [5, 5.41) is 0. The summed E-state index contributed by atoms with van der Waals surface area (Å²) in [6.07, 6.45) is 8.19. The van der Waals surface area contributed by atoms with Gasteiger partial charge in [0.15, 0.2) is 0 Å². The van der Waals surface area contributed by atoms with E-state index in [1.165, 1.54) is 12.0 Å². The van der Waals surface area contributed by atoms with E-state index in [0.717, 1.165) is 19.3 Å². The summed E-state index contributed by atoms with van der Waals surface area (Å²) in [7, 11) is 0. The third-order valence-corrected chi connectivity index (χ3v) is 3.59. The van der Waals surface area contributed by atoms with E-state index < -0.39 is 0 Å². The van der Waals surface area contributed by atoms with E-state index in [-0.39, 0.29) is 5.92 Å². The number of carbonyl (C=O) groups excluding carboxylic acids is 1. The molecule has 1 fully saturated rings. The van der Waals surface area contributed by atoms with Gasteiger partial charge in [-0.2, -0.15) is 0 Å². The first kappa shape index (κ1) is 12.1. The van der Waals surface area contributed by atoms with Crippen LogP contribution in [0.2, 0.25) is 0 Å². The van der Waals surface area contributed by atoms with Crippen LogP contribution in [0.25, 0.3) is 6.08 Å². The van der Waals surface area contributed by atoms with Crippen LogP contribution in [0, 0.1) is 11.8 Å². The number of hydrogen-bond acceptors (Lipinski definition) is 1. The van der Waals surface area contributed by atoms with Crippen LogP contribution in [0.3, 0.4) is 0 Å². The van der Waals surface area contributed by atoms with Crippen LogP contribution in [0.4, 0.5) is 0 Å². The Labute approximate surface area is 104 Å². The van der Waals surface area contributed by atoms with Crippen molar-refractivity contribution in [3.63, 3.8) is 0 Å². The van der Waals surface area contributed by atoms with Gasteiger partial charge in [0.25, 0.3) is 0 Å².